The summed E-state index contributed by atoms with van der Waals surface area (Å²) >= 11 is 1.53. The number of nitrogens with one attached hydrogen (secondary N) is 1. The van der Waals surface area contributed by atoms with Crippen LogP contribution < -0.4 is 5.32 Å². The highest BCUT2D eigenvalue weighted by Gasteiger charge is 2.20. The highest BCUT2D eigenvalue weighted by Crippen LogP contribution is 2.20. The van der Waals surface area contributed by atoms with Crippen molar-refractivity contribution >= 4 is 23.6 Å². The lowest BCUT2D eigenvalue weighted by molar-refractivity contribution is -0.141. The molecule has 0 saturated heterocycles. The number of carbonyl (C=O) groups is 2. The first-order valence-corrected chi connectivity index (χ1v) is 8.74. The molecule has 0 spiro atoms. The fourth-order valence-electron chi connectivity index (χ4n) is 2.22. The summed E-state index contributed by atoms with van der Waals surface area (Å²) in [5.41, 5.74) is 1.07. The molecule has 1 aromatic heterocycles. The summed E-state index contributed by atoms with van der Waals surface area (Å²) in [6.07, 6.45) is 1.52. The summed E-state index contributed by atoms with van der Waals surface area (Å²) in [7, 11) is 1.28. The van der Waals surface area contributed by atoms with Crippen LogP contribution in [0.2, 0.25) is 0 Å². The van der Waals surface area contributed by atoms with Crippen LogP contribution in [-0.2, 0) is 9.53 Å². The summed E-state index contributed by atoms with van der Waals surface area (Å²) in [6.45, 7) is 2.00. The van der Waals surface area contributed by atoms with Crippen LogP contribution >= 0.6 is 11.8 Å². The van der Waals surface area contributed by atoms with Crippen molar-refractivity contribution in [1.82, 2.24) is 10.3 Å². The molecule has 0 aliphatic rings. The number of benzene rings is 1. The van der Waals surface area contributed by atoms with E-state index < -0.39 is 12.0 Å². The van der Waals surface area contributed by atoms with E-state index >= 15 is 0 Å². The van der Waals surface area contributed by atoms with Gasteiger partial charge in [0.05, 0.1) is 24.6 Å². The molecule has 7 heteroatoms. The number of hydrogen-bond acceptors (Lipinski definition) is 5. The van der Waals surface area contributed by atoms with Gasteiger partial charge in [0.15, 0.2) is 0 Å². The first-order chi connectivity index (χ1) is 12.0. The molecule has 1 heterocycles. The monoisotopic (exact) mass is 362 g/mol. The molecule has 1 N–H and O–H groups in total. The van der Waals surface area contributed by atoms with Crippen molar-refractivity contribution in [2.24, 2.45) is 0 Å². The van der Waals surface area contributed by atoms with Crippen molar-refractivity contribution in [2.75, 3.05) is 12.9 Å². The third-order valence-corrected chi connectivity index (χ3v) is 4.27. The zero-order valence-corrected chi connectivity index (χ0v) is 14.8. The minimum Gasteiger partial charge on any atom is -0.469 e. The van der Waals surface area contributed by atoms with Crippen molar-refractivity contribution in [3.8, 4) is 0 Å². The van der Waals surface area contributed by atoms with Crippen molar-refractivity contribution < 1.29 is 18.7 Å². The Balaban J connectivity index is 2.20. The standard InChI is InChI=1S/C18H19FN2O3S/c1-3-25-16-10-13(8-9-20-16)18(23)21-15(11-17(22)24-2)12-4-6-14(19)7-5-12/h4-10,15H,3,11H2,1-2H3,(H,21,23). The lowest BCUT2D eigenvalue weighted by Crippen LogP contribution is -2.30. The second kappa shape index (κ2) is 9.17. The number of nitrogens with zero attached hydrogens (tertiary/aromatic N) is 1. The van der Waals surface area contributed by atoms with Gasteiger partial charge in [0.2, 0.25) is 0 Å². The van der Waals surface area contributed by atoms with Gasteiger partial charge < -0.3 is 10.1 Å². The van der Waals surface area contributed by atoms with Gasteiger partial charge in [0.1, 0.15) is 5.82 Å². The normalized spacial score (nSPS) is 11.6. The number of aromatic nitrogens is 1. The highest BCUT2D eigenvalue weighted by atomic mass is 32.2. The van der Waals surface area contributed by atoms with Gasteiger partial charge in [-0.1, -0.05) is 19.1 Å². The topological polar surface area (TPSA) is 68.3 Å². The summed E-state index contributed by atoms with van der Waals surface area (Å²) in [6, 6.07) is 8.33. The molecule has 0 aliphatic carbocycles. The quantitative estimate of drug-likeness (QED) is 0.604. The number of rotatable bonds is 7. The van der Waals surface area contributed by atoms with Gasteiger partial charge >= 0.3 is 5.97 Å². The highest BCUT2D eigenvalue weighted by molar-refractivity contribution is 7.99. The molecule has 2 rings (SSSR count). The number of methoxy groups -OCH3 is 1. The molecule has 1 atom stereocenters. The minimum atomic E-state index is -0.615. The van der Waals surface area contributed by atoms with Gasteiger partial charge in [-0.05, 0) is 35.6 Å². The molecule has 0 saturated carbocycles. The third-order valence-electron chi connectivity index (χ3n) is 3.47. The number of halogens is 1. The summed E-state index contributed by atoms with van der Waals surface area (Å²) in [5.74, 6) is -0.342. The SMILES string of the molecule is CCSc1cc(C(=O)NC(CC(=O)OC)c2ccc(F)cc2)ccn1. The Kier molecular flexibility index (Phi) is 6.94. The molecule has 5 nitrogen and oxygen atoms in total. The summed E-state index contributed by atoms with van der Waals surface area (Å²) in [4.78, 5) is 28.4. The van der Waals surface area contributed by atoms with Crippen LogP contribution in [0.25, 0.3) is 0 Å². The van der Waals surface area contributed by atoms with Crippen LogP contribution in [0.15, 0.2) is 47.6 Å². The molecule has 1 amide bonds. The summed E-state index contributed by atoms with van der Waals surface area (Å²) < 4.78 is 17.8. The predicted octanol–water partition coefficient (Wildman–Crippen LogP) is 3.37. The molecule has 1 unspecified atom stereocenters. The molecule has 25 heavy (non-hydrogen) atoms. The lowest BCUT2D eigenvalue weighted by atomic mass is 10.0. The molecule has 0 aliphatic heterocycles. The Morgan fingerprint density at radius 2 is 2.00 bits per heavy atom. The molecule has 2 aromatic rings. The number of carbonyl (C=O) groups excluding carboxylic acids is 2. The van der Waals surface area contributed by atoms with Gasteiger partial charge in [-0.2, -0.15) is 0 Å². The van der Waals surface area contributed by atoms with Gasteiger partial charge in [0, 0.05) is 11.8 Å². The maximum absolute atomic E-state index is 13.1. The van der Waals surface area contributed by atoms with E-state index in [1.807, 2.05) is 6.92 Å². The Morgan fingerprint density at radius 1 is 1.28 bits per heavy atom. The van der Waals surface area contributed by atoms with E-state index in [-0.39, 0.29) is 18.1 Å². The second-order valence-electron chi connectivity index (χ2n) is 5.17. The predicted molar refractivity (Wildman–Crippen MR) is 93.9 cm³/mol. The number of pyridine rings is 1. The molecular formula is C18H19FN2O3S. The number of esters is 1. The fourth-order valence-corrected chi connectivity index (χ4v) is 2.86. The van der Waals surface area contributed by atoms with E-state index in [2.05, 4.69) is 15.0 Å². The van der Waals surface area contributed by atoms with Crippen LogP contribution in [0.1, 0.15) is 35.3 Å². The average Bonchev–Trinajstić information content (AvgIpc) is 2.62. The third kappa shape index (κ3) is 5.56. The van der Waals surface area contributed by atoms with Crippen molar-refractivity contribution in [1.29, 1.82) is 0 Å². The van der Waals surface area contributed by atoms with E-state index in [0.717, 1.165) is 10.8 Å². The second-order valence-corrected chi connectivity index (χ2v) is 6.46. The van der Waals surface area contributed by atoms with Crippen molar-refractivity contribution in [3.05, 3.63) is 59.5 Å². The van der Waals surface area contributed by atoms with Crippen molar-refractivity contribution in [3.63, 3.8) is 0 Å². The largest absolute Gasteiger partial charge is 0.469 e. The zero-order chi connectivity index (χ0) is 18.2. The minimum absolute atomic E-state index is 0.0461. The maximum atomic E-state index is 13.1. The number of hydrogen-bond donors (Lipinski definition) is 1. The smallest absolute Gasteiger partial charge is 0.307 e. The molecule has 132 valence electrons. The van der Waals surface area contributed by atoms with Crippen LogP contribution in [0.3, 0.4) is 0 Å². The lowest BCUT2D eigenvalue weighted by Gasteiger charge is -2.18. The van der Waals surface area contributed by atoms with Gasteiger partial charge in [-0.3, -0.25) is 9.59 Å². The van der Waals surface area contributed by atoms with Crippen molar-refractivity contribution in [2.45, 2.75) is 24.4 Å². The van der Waals surface area contributed by atoms with E-state index in [9.17, 15) is 14.0 Å². The zero-order valence-electron chi connectivity index (χ0n) is 14.0. The Labute approximate surface area is 150 Å². The number of ether oxygens (including phenoxy) is 1. The molecule has 0 bridgehead atoms. The van der Waals surface area contributed by atoms with Crippen LogP contribution in [0.5, 0.6) is 0 Å². The number of thioether (sulfide) groups is 1. The van der Waals surface area contributed by atoms with E-state index in [4.69, 9.17) is 0 Å². The van der Waals surface area contributed by atoms with Crippen LogP contribution in [0, 0.1) is 5.82 Å². The van der Waals surface area contributed by atoms with Gasteiger partial charge in [-0.15, -0.1) is 11.8 Å². The van der Waals surface area contributed by atoms with Gasteiger partial charge in [0.25, 0.3) is 5.91 Å². The number of amides is 1. The summed E-state index contributed by atoms with van der Waals surface area (Å²) in [5, 5.41) is 3.56. The Hall–Kier alpha value is -2.41. The van der Waals surface area contributed by atoms with Crippen LogP contribution in [0.4, 0.5) is 4.39 Å². The average molecular weight is 362 g/mol. The van der Waals surface area contributed by atoms with E-state index in [0.29, 0.717) is 11.1 Å². The molecule has 1 aromatic carbocycles. The van der Waals surface area contributed by atoms with Gasteiger partial charge in [-0.25, -0.2) is 9.37 Å². The molecule has 0 fully saturated rings. The Morgan fingerprint density at radius 3 is 2.64 bits per heavy atom. The maximum Gasteiger partial charge on any atom is 0.307 e. The molecule has 0 radical (unpaired) electrons. The first kappa shape index (κ1) is 18.9. The van der Waals surface area contributed by atoms with E-state index in [1.165, 1.54) is 43.1 Å². The Bertz CT molecular complexity index is 737. The van der Waals surface area contributed by atoms with E-state index in [1.54, 1.807) is 18.3 Å². The molecular weight excluding hydrogens is 343 g/mol. The first-order valence-electron chi connectivity index (χ1n) is 7.75. The fraction of sp³-hybridized carbons (Fsp3) is 0.278. The van der Waals surface area contributed by atoms with Crippen LogP contribution in [-0.4, -0.2) is 29.7 Å².